The molecule has 1 aromatic heterocycles. The second kappa shape index (κ2) is 18.1. The van der Waals surface area contributed by atoms with E-state index < -0.39 is 16.1 Å². The molecule has 0 aliphatic heterocycles. The molecule has 0 bridgehead atoms. The quantitative estimate of drug-likeness (QED) is 0.118. The Kier molecular flexibility index (Phi) is 15.2. The van der Waals surface area contributed by atoms with Gasteiger partial charge in [0.05, 0.1) is 30.2 Å². The Labute approximate surface area is 226 Å². The molecule has 2 aromatic rings. The number of carbonyl (C=O) groups is 1. The number of thioether (sulfide) groups is 1. The van der Waals surface area contributed by atoms with Crippen molar-refractivity contribution in [3.05, 3.63) is 53.9 Å². The smallest absolute Gasteiger partial charge is 0.304 e. The van der Waals surface area contributed by atoms with Gasteiger partial charge in [0.1, 0.15) is 0 Å². The number of hydrogen-bond donors (Lipinski definition) is 1. The summed E-state index contributed by atoms with van der Waals surface area (Å²) in [5.41, 5.74) is 1.91. The van der Waals surface area contributed by atoms with Crippen molar-refractivity contribution >= 4 is 27.8 Å². The van der Waals surface area contributed by atoms with Crippen LogP contribution in [0.1, 0.15) is 75.5 Å². The molecule has 1 aromatic carbocycles. The molecule has 0 spiro atoms. The van der Waals surface area contributed by atoms with Crippen molar-refractivity contribution in [2.75, 3.05) is 18.1 Å². The molecular formula is C27H41N3O5S2. The summed E-state index contributed by atoms with van der Waals surface area (Å²) >= 11 is 1.73. The van der Waals surface area contributed by atoms with E-state index in [2.05, 4.69) is 22.5 Å². The molecule has 0 atom stereocenters. The summed E-state index contributed by atoms with van der Waals surface area (Å²) in [6.07, 6.45) is 18.0. The van der Waals surface area contributed by atoms with Gasteiger partial charge in [0.2, 0.25) is 0 Å². The summed E-state index contributed by atoms with van der Waals surface area (Å²) in [4.78, 5) is 10.6. The minimum atomic E-state index is -3.76. The van der Waals surface area contributed by atoms with Crippen LogP contribution in [0.5, 0.6) is 0 Å². The van der Waals surface area contributed by atoms with Crippen LogP contribution in [-0.4, -0.2) is 52.6 Å². The van der Waals surface area contributed by atoms with Crippen LogP contribution in [0.15, 0.2) is 47.5 Å². The summed E-state index contributed by atoms with van der Waals surface area (Å²) < 4.78 is 31.2. The fraction of sp³-hybridized carbons (Fsp3) is 0.593. The van der Waals surface area contributed by atoms with E-state index in [0.717, 1.165) is 55.5 Å². The fourth-order valence-corrected chi connectivity index (χ4v) is 5.47. The van der Waals surface area contributed by atoms with E-state index in [1.54, 1.807) is 40.7 Å². The van der Waals surface area contributed by atoms with Crippen LogP contribution in [0.3, 0.4) is 0 Å². The summed E-state index contributed by atoms with van der Waals surface area (Å²) in [5.74, 6) is 1.05. The maximum Gasteiger partial charge on any atom is 0.304 e. The summed E-state index contributed by atoms with van der Waals surface area (Å²) in [7, 11) is -3.76. The average molecular weight is 552 g/mol. The van der Waals surface area contributed by atoms with Crippen molar-refractivity contribution in [3.63, 3.8) is 0 Å². The Hall–Kier alpha value is -2.17. The zero-order valence-corrected chi connectivity index (χ0v) is 23.5. The Balaban J connectivity index is 1.44. The standard InChI is InChI=1S/C27H41N3O5S2/c1-24-14-16-26(17-15-24)37(33,34)35-20-19-30-23-25(28-29-30)13-11-9-7-5-3-2-4-6-8-10-12-21-36-22-18-27(31)32/h4,6,14-17,23H,2-3,5,7-13,18-22H2,1H3,(H,31,32)/b6-4-. The van der Waals surface area contributed by atoms with Crippen LogP contribution < -0.4 is 0 Å². The highest BCUT2D eigenvalue weighted by Crippen LogP contribution is 2.14. The van der Waals surface area contributed by atoms with Gasteiger partial charge in [-0.05, 0) is 69.8 Å². The number of allylic oxidation sites excluding steroid dienone is 2. The molecule has 2 rings (SSSR count). The lowest BCUT2D eigenvalue weighted by atomic mass is 10.1. The molecule has 0 aliphatic carbocycles. The fourth-order valence-electron chi connectivity index (χ4n) is 3.64. The molecule has 0 radical (unpaired) electrons. The molecule has 0 fully saturated rings. The third-order valence-electron chi connectivity index (χ3n) is 5.79. The number of carboxylic acids is 1. The third kappa shape index (κ3) is 14.4. The molecule has 1 N–H and O–H groups in total. The molecular weight excluding hydrogens is 510 g/mol. The molecule has 10 heteroatoms. The van der Waals surface area contributed by atoms with Gasteiger partial charge < -0.3 is 5.11 Å². The highest BCUT2D eigenvalue weighted by Gasteiger charge is 2.14. The van der Waals surface area contributed by atoms with Crippen molar-refractivity contribution in [2.45, 2.75) is 89.0 Å². The van der Waals surface area contributed by atoms with E-state index in [9.17, 15) is 13.2 Å². The minimum absolute atomic E-state index is 0.0150. The first-order chi connectivity index (χ1) is 17.9. The third-order valence-corrected chi connectivity index (χ3v) is 8.19. The minimum Gasteiger partial charge on any atom is -0.481 e. The molecule has 8 nitrogen and oxygen atoms in total. The molecule has 206 valence electrons. The predicted molar refractivity (Wildman–Crippen MR) is 148 cm³/mol. The van der Waals surface area contributed by atoms with Crippen LogP contribution in [-0.2, 0) is 32.1 Å². The van der Waals surface area contributed by atoms with Gasteiger partial charge in [-0.25, -0.2) is 4.68 Å². The van der Waals surface area contributed by atoms with E-state index >= 15 is 0 Å². The van der Waals surface area contributed by atoms with Crippen molar-refractivity contribution < 1.29 is 22.5 Å². The van der Waals surface area contributed by atoms with Crippen LogP contribution in [0.2, 0.25) is 0 Å². The van der Waals surface area contributed by atoms with E-state index in [-0.39, 0.29) is 17.9 Å². The van der Waals surface area contributed by atoms with Crippen molar-refractivity contribution in [1.82, 2.24) is 15.0 Å². The Morgan fingerprint density at radius 1 is 1.00 bits per heavy atom. The number of benzene rings is 1. The van der Waals surface area contributed by atoms with Crippen molar-refractivity contribution in [2.24, 2.45) is 0 Å². The molecule has 37 heavy (non-hydrogen) atoms. The maximum atomic E-state index is 12.2. The topological polar surface area (TPSA) is 111 Å². The second-order valence-electron chi connectivity index (χ2n) is 9.09. The van der Waals surface area contributed by atoms with Crippen LogP contribution in [0.25, 0.3) is 0 Å². The first kappa shape index (κ1) is 31.1. The van der Waals surface area contributed by atoms with Crippen LogP contribution in [0.4, 0.5) is 0 Å². The second-order valence-corrected chi connectivity index (χ2v) is 11.9. The van der Waals surface area contributed by atoms with E-state index in [1.165, 1.54) is 25.7 Å². The molecule has 0 saturated carbocycles. The number of carboxylic acid groups (broad SMARTS) is 1. The van der Waals surface area contributed by atoms with Gasteiger partial charge in [-0.15, -0.1) is 5.10 Å². The highest BCUT2D eigenvalue weighted by atomic mass is 32.2. The molecule has 0 aliphatic rings. The van der Waals surface area contributed by atoms with Gasteiger partial charge in [0, 0.05) is 11.9 Å². The largest absolute Gasteiger partial charge is 0.481 e. The SMILES string of the molecule is Cc1ccc(S(=O)(=O)OCCn2cc(CCCCCCC/C=C\CCCCSCCC(=O)O)nn2)cc1. The zero-order valence-electron chi connectivity index (χ0n) is 21.9. The van der Waals surface area contributed by atoms with E-state index in [4.69, 9.17) is 9.29 Å². The number of hydrogen-bond acceptors (Lipinski definition) is 7. The van der Waals surface area contributed by atoms with Gasteiger partial charge in [-0.2, -0.15) is 20.2 Å². The molecule has 1 heterocycles. The molecule has 0 amide bonds. The first-order valence-electron chi connectivity index (χ1n) is 13.2. The monoisotopic (exact) mass is 551 g/mol. The lowest BCUT2D eigenvalue weighted by molar-refractivity contribution is -0.136. The van der Waals surface area contributed by atoms with E-state index in [0.29, 0.717) is 12.3 Å². The van der Waals surface area contributed by atoms with Crippen molar-refractivity contribution in [3.8, 4) is 0 Å². The van der Waals surface area contributed by atoms with Gasteiger partial charge in [0.25, 0.3) is 10.1 Å². The number of unbranched alkanes of at least 4 members (excludes halogenated alkanes) is 7. The Bertz CT molecular complexity index is 1040. The average Bonchev–Trinajstić information content (AvgIpc) is 3.31. The van der Waals surface area contributed by atoms with Gasteiger partial charge in [-0.3, -0.25) is 8.98 Å². The zero-order chi connectivity index (χ0) is 26.8. The summed E-state index contributed by atoms with van der Waals surface area (Å²) in [6.45, 7) is 2.25. The van der Waals surface area contributed by atoms with Gasteiger partial charge in [-0.1, -0.05) is 54.3 Å². The number of aromatic nitrogens is 3. The predicted octanol–water partition coefficient (Wildman–Crippen LogP) is 5.81. The molecule has 0 saturated heterocycles. The molecule has 0 unspecified atom stereocenters. The van der Waals surface area contributed by atoms with Crippen LogP contribution in [0, 0.1) is 6.92 Å². The highest BCUT2D eigenvalue weighted by molar-refractivity contribution is 7.99. The van der Waals surface area contributed by atoms with Crippen molar-refractivity contribution in [1.29, 1.82) is 0 Å². The number of aryl methyl sites for hydroxylation is 2. The normalized spacial score (nSPS) is 11.9. The number of nitrogens with zero attached hydrogens (tertiary/aromatic N) is 3. The van der Waals surface area contributed by atoms with Gasteiger partial charge in [0.15, 0.2) is 0 Å². The number of aliphatic carboxylic acids is 1. The van der Waals surface area contributed by atoms with E-state index in [1.807, 2.05) is 13.1 Å². The Morgan fingerprint density at radius 2 is 1.68 bits per heavy atom. The maximum absolute atomic E-state index is 12.2. The first-order valence-corrected chi connectivity index (χ1v) is 15.7. The Morgan fingerprint density at radius 3 is 2.41 bits per heavy atom. The van der Waals surface area contributed by atoms with Crippen LogP contribution >= 0.6 is 11.8 Å². The lowest BCUT2D eigenvalue weighted by Gasteiger charge is -2.05. The number of rotatable bonds is 21. The van der Waals surface area contributed by atoms with Gasteiger partial charge >= 0.3 is 5.97 Å². The summed E-state index contributed by atoms with van der Waals surface area (Å²) in [6, 6.07) is 6.59. The lowest BCUT2D eigenvalue weighted by Crippen LogP contribution is -2.12. The summed E-state index contributed by atoms with van der Waals surface area (Å²) in [5, 5.41) is 16.9.